The molecule has 2 N–H and O–H groups in total. The van der Waals surface area contributed by atoms with Gasteiger partial charge in [0.15, 0.2) is 6.61 Å². The van der Waals surface area contributed by atoms with Crippen molar-refractivity contribution in [3.63, 3.8) is 0 Å². The van der Waals surface area contributed by atoms with E-state index in [-0.39, 0.29) is 23.8 Å². The summed E-state index contributed by atoms with van der Waals surface area (Å²) in [6, 6.07) is 17.0. The first kappa shape index (κ1) is 22.7. The van der Waals surface area contributed by atoms with E-state index >= 15 is 0 Å². The van der Waals surface area contributed by atoms with E-state index in [2.05, 4.69) is 10.6 Å². The van der Waals surface area contributed by atoms with E-state index in [0.717, 1.165) is 12.1 Å². The molecule has 3 aromatic carbocycles. The second kappa shape index (κ2) is 9.86. The Morgan fingerprint density at radius 3 is 2.16 bits per heavy atom. The fraction of sp³-hybridized carbons (Fsp3) is 0.130. The lowest BCUT2D eigenvalue weighted by Crippen LogP contribution is -2.20. The van der Waals surface area contributed by atoms with E-state index in [1.807, 2.05) is 0 Å². The van der Waals surface area contributed by atoms with Crippen LogP contribution >= 0.6 is 0 Å². The van der Waals surface area contributed by atoms with Crippen molar-refractivity contribution in [2.75, 3.05) is 24.4 Å². The molecule has 3 rings (SSSR count). The Balaban J connectivity index is 1.51. The van der Waals surface area contributed by atoms with Crippen LogP contribution in [0.15, 0.2) is 72.8 Å². The van der Waals surface area contributed by atoms with Gasteiger partial charge < -0.3 is 20.1 Å². The first-order chi connectivity index (χ1) is 15.2. The minimum Gasteiger partial charge on any atom is -0.497 e. The number of ether oxygens (including phenoxy) is 2. The number of hydrogen-bond acceptors (Lipinski definition) is 4. The first-order valence-electron chi connectivity index (χ1n) is 9.40. The van der Waals surface area contributed by atoms with E-state index in [9.17, 15) is 22.8 Å². The second-order valence-corrected chi connectivity index (χ2v) is 6.62. The summed E-state index contributed by atoms with van der Waals surface area (Å²) in [6.45, 7) is -0.242. The maximum Gasteiger partial charge on any atom is 0.416 e. The third kappa shape index (κ3) is 6.24. The highest BCUT2D eigenvalue weighted by molar-refractivity contribution is 6.04. The number of alkyl halides is 3. The third-order valence-electron chi connectivity index (χ3n) is 4.31. The summed E-state index contributed by atoms with van der Waals surface area (Å²) in [7, 11) is 1.53. The molecule has 0 aromatic heterocycles. The van der Waals surface area contributed by atoms with Gasteiger partial charge in [-0.25, -0.2) is 0 Å². The maximum atomic E-state index is 12.6. The van der Waals surface area contributed by atoms with Gasteiger partial charge in [-0.05, 0) is 60.7 Å². The minimum atomic E-state index is -4.44. The van der Waals surface area contributed by atoms with Crippen LogP contribution in [-0.4, -0.2) is 25.5 Å². The van der Waals surface area contributed by atoms with Gasteiger partial charge in [0.2, 0.25) is 0 Å². The van der Waals surface area contributed by atoms with Gasteiger partial charge in [0, 0.05) is 23.0 Å². The van der Waals surface area contributed by atoms with Gasteiger partial charge in [0.05, 0.1) is 12.7 Å². The number of carbonyl (C=O) groups excluding carboxylic acids is 2. The molecule has 0 bridgehead atoms. The van der Waals surface area contributed by atoms with Crippen molar-refractivity contribution < 1.29 is 32.2 Å². The topological polar surface area (TPSA) is 76.7 Å². The van der Waals surface area contributed by atoms with Crippen LogP contribution in [0.4, 0.5) is 24.5 Å². The summed E-state index contributed by atoms with van der Waals surface area (Å²) < 4.78 is 48.3. The summed E-state index contributed by atoms with van der Waals surface area (Å²) >= 11 is 0. The Kier molecular flexibility index (Phi) is 6.99. The lowest BCUT2D eigenvalue weighted by atomic mass is 10.1. The zero-order chi connectivity index (χ0) is 23.1. The van der Waals surface area contributed by atoms with E-state index in [1.165, 1.54) is 43.5 Å². The number of rotatable bonds is 7. The number of amides is 2. The Morgan fingerprint density at radius 2 is 1.53 bits per heavy atom. The van der Waals surface area contributed by atoms with Crippen molar-refractivity contribution in [3.8, 4) is 11.5 Å². The van der Waals surface area contributed by atoms with Crippen molar-refractivity contribution in [2.45, 2.75) is 6.18 Å². The molecule has 0 aliphatic heterocycles. The van der Waals surface area contributed by atoms with Crippen LogP contribution in [0, 0.1) is 0 Å². The molecular weight excluding hydrogens is 425 g/mol. The maximum absolute atomic E-state index is 12.6. The zero-order valence-corrected chi connectivity index (χ0v) is 16.9. The van der Waals surface area contributed by atoms with E-state index in [4.69, 9.17) is 9.47 Å². The van der Waals surface area contributed by atoms with Gasteiger partial charge in [-0.3, -0.25) is 9.59 Å². The smallest absolute Gasteiger partial charge is 0.416 e. The van der Waals surface area contributed by atoms with Crippen LogP contribution in [0.5, 0.6) is 11.5 Å². The van der Waals surface area contributed by atoms with Crippen LogP contribution < -0.4 is 20.1 Å². The van der Waals surface area contributed by atoms with Gasteiger partial charge in [0.25, 0.3) is 11.8 Å². The molecule has 0 radical (unpaired) electrons. The summed E-state index contributed by atoms with van der Waals surface area (Å²) in [5.74, 6) is 0.111. The van der Waals surface area contributed by atoms with Crippen LogP contribution in [-0.2, 0) is 11.0 Å². The molecule has 3 aromatic rings. The van der Waals surface area contributed by atoms with Crippen LogP contribution in [0.3, 0.4) is 0 Å². The number of halogens is 3. The lowest BCUT2D eigenvalue weighted by molar-refractivity contribution is -0.137. The van der Waals surface area contributed by atoms with Crippen molar-refractivity contribution in [3.05, 3.63) is 83.9 Å². The predicted octanol–water partition coefficient (Wildman–Crippen LogP) is 4.98. The number of benzene rings is 3. The predicted molar refractivity (Wildman–Crippen MR) is 113 cm³/mol. The summed E-state index contributed by atoms with van der Waals surface area (Å²) in [4.78, 5) is 24.3. The Hall–Kier alpha value is -4.01. The number of nitrogens with one attached hydrogen (secondary N) is 2. The molecule has 9 heteroatoms. The average Bonchev–Trinajstić information content (AvgIpc) is 2.78. The molecule has 0 aliphatic carbocycles. The first-order valence-corrected chi connectivity index (χ1v) is 9.40. The molecule has 32 heavy (non-hydrogen) atoms. The Morgan fingerprint density at radius 1 is 0.844 bits per heavy atom. The Labute approximate surface area is 182 Å². The SMILES string of the molecule is COc1cccc(NC(=O)COc2ccc(C(=O)Nc3ccc(C(F)(F)F)cc3)cc2)c1. The molecule has 0 spiro atoms. The van der Waals surface area contributed by atoms with Gasteiger partial charge in [-0.2, -0.15) is 13.2 Å². The molecule has 0 fully saturated rings. The number of hydrogen-bond donors (Lipinski definition) is 2. The van der Waals surface area contributed by atoms with Crippen LogP contribution in [0.25, 0.3) is 0 Å². The highest BCUT2D eigenvalue weighted by Crippen LogP contribution is 2.30. The second-order valence-electron chi connectivity index (χ2n) is 6.62. The van der Waals surface area contributed by atoms with E-state index in [1.54, 1.807) is 24.3 Å². The average molecular weight is 444 g/mol. The third-order valence-corrected chi connectivity index (χ3v) is 4.31. The number of anilines is 2. The fourth-order valence-electron chi connectivity index (χ4n) is 2.70. The highest BCUT2D eigenvalue weighted by atomic mass is 19.4. The molecule has 0 saturated carbocycles. The molecule has 0 heterocycles. The minimum absolute atomic E-state index is 0.234. The van der Waals surface area contributed by atoms with Crippen molar-refractivity contribution in [1.82, 2.24) is 0 Å². The monoisotopic (exact) mass is 444 g/mol. The quantitative estimate of drug-likeness (QED) is 0.539. The summed E-state index contributed by atoms with van der Waals surface area (Å²) in [5, 5.41) is 5.20. The van der Waals surface area contributed by atoms with Crippen LogP contribution in [0.2, 0.25) is 0 Å². The van der Waals surface area contributed by atoms with Gasteiger partial charge >= 0.3 is 6.18 Å². The normalized spacial score (nSPS) is 10.9. The summed E-state index contributed by atoms with van der Waals surface area (Å²) in [6.07, 6.45) is -4.44. The molecule has 0 saturated heterocycles. The Bertz CT molecular complexity index is 1080. The molecule has 6 nitrogen and oxygen atoms in total. The zero-order valence-electron chi connectivity index (χ0n) is 16.9. The molecule has 0 unspecified atom stereocenters. The molecule has 166 valence electrons. The van der Waals surface area contributed by atoms with E-state index in [0.29, 0.717) is 17.2 Å². The fourth-order valence-corrected chi connectivity index (χ4v) is 2.70. The van der Waals surface area contributed by atoms with Gasteiger partial charge in [-0.1, -0.05) is 6.07 Å². The highest BCUT2D eigenvalue weighted by Gasteiger charge is 2.30. The number of carbonyl (C=O) groups is 2. The number of methoxy groups -OCH3 is 1. The van der Waals surface area contributed by atoms with Gasteiger partial charge in [0.1, 0.15) is 11.5 Å². The largest absolute Gasteiger partial charge is 0.497 e. The molecular formula is C23H19F3N2O4. The molecule has 0 atom stereocenters. The van der Waals surface area contributed by atoms with Crippen LogP contribution in [0.1, 0.15) is 15.9 Å². The van der Waals surface area contributed by atoms with Crippen molar-refractivity contribution in [1.29, 1.82) is 0 Å². The standard InChI is InChI=1S/C23H19F3N2O4/c1-31-20-4-2-3-18(13-20)27-21(29)14-32-19-11-5-15(6-12-19)22(30)28-17-9-7-16(8-10-17)23(24,25)26/h2-13H,14H2,1H3,(H,27,29)(H,28,30). The molecule has 0 aliphatic rings. The molecule has 2 amide bonds. The van der Waals surface area contributed by atoms with Crippen molar-refractivity contribution >= 4 is 23.2 Å². The van der Waals surface area contributed by atoms with E-state index < -0.39 is 17.6 Å². The lowest BCUT2D eigenvalue weighted by Gasteiger charge is -2.10. The van der Waals surface area contributed by atoms with Gasteiger partial charge in [-0.15, -0.1) is 0 Å². The van der Waals surface area contributed by atoms with Crippen molar-refractivity contribution in [2.24, 2.45) is 0 Å². The summed E-state index contributed by atoms with van der Waals surface area (Å²) in [5.41, 5.74) is 0.274.